The number of amides is 1. The highest BCUT2D eigenvalue weighted by atomic mass is 32.2. The number of hydrogen-bond acceptors (Lipinski definition) is 6. The molecule has 8 heteroatoms. The largest absolute Gasteiger partial charge is 0.311 e. The van der Waals surface area contributed by atoms with E-state index < -0.39 is 0 Å². The highest BCUT2D eigenvalue weighted by molar-refractivity contribution is 7.99. The van der Waals surface area contributed by atoms with Crippen LogP contribution in [-0.2, 0) is 11.3 Å². The van der Waals surface area contributed by atoms with Crippen LogP contribution in [0.15, 0.2) is 46.9 Å². The molecule has 2 heterocycles. The van der Waals surface area contributed by atoms with E-state index in [1.165, 1.54) is 23.1 Å². The van der Waals surface area contributed by atoms with Crippen LogP contribution < -0.4 is 10.5 Å². The molecule has 31 heavy (non-hydrogen) atoms. The third-order valence-corrected chi connectivity index (χ3v) is 7.05. The number of aromatic nitrogens is 2. The Morgan fingerprint density at radius 3 is 2.68 bits per heavy atom. The van der Waals surface area contributed by atoms with Crippen LogP contribution in [-0.4, -0.2) is 27.8 Å². The van der Waals surface area contributed by atoms with Gasteiger partial charge < -0.3 is 4.90 Å². The van der Waals surface area contributed by atoms with Crippen molar-refractivity contribution in [3.05, 3.63) is 63.3 Å². The molecule has 1 amide bonds. The van der Waals surface area contributed by atoms with Gasteiger partial charge in [0.2, 0.25) is 5.91 Å². The summed E-state index contributed by atoms with van der Waals surface area (Å²) in [6.07, 6.45) is 1.89. The summed E-state index contributed by atoms with van der Waals surface area (Å²) < 4.78 is 1.57. The maximum Gasteiger partial charge on any atom is 0.263 e. The van der Waals surface area contributed by atoms with Gasteiger partial charge in [-0.3, -0.25) is 14.2 Å². The monoisotopic (exact) mass is 452 g/mol. The molecule has 0 N–H and O–H groups in total. The molecule has 3 rings (SSSR count). The van der Waals surface area contributed by atoms with Crippen molar-refractivity contribution in [3.63, 3.8) is 0 Å². The summed E-state index contributed by atoms with van der Waals surface area (Å²) in [5.41, 5.74) is 2.69. The lowest BCUT2D eigenvalue weighted by molar-refractivity contribution is -0.116. The SMILES string of the molecule is C=CCn1c(SCC(=O)N(CCC#N)c2ccc(C)cc2)nc2sc(C)c(C)c2c1=O. The van der Waals surface area contributed by atoms with Gasteiger partial charge in [0.1, 0.15) is 4.83 Å². The minimum Gasteiger partial charge on any atom is -0.311 e. The van der Waals surface area contributed by atoms with Gasteiger partial charge in [0, 0.05) is 23.7 Å². The lowest BCUT2D eigenvalue weighted by Crippen LogP contribution is -2.33. The Labute approximate surface area is 189 Å². The van der Waals surface area contributed by atoms with Gasteiger partial charge >= 0.3 is 0 Å². The number of hydrogen-bond donors (Lipinski definition) is 0. The van der Waals surface area contributed by atoms with Gasteiger partial charge in [-0.1, -0.05) is 35.5 Å². The fourth-order valence-electron chi connectivity index (χ4n) is 3.20. The number of nitriles is 1. The first-order valence-electron chi connectivity index (χ1n) is 9.85. The summed E-state index contributed by atoms with van der Waals surface area (Å²) in [6, 6.07) is 9.74. The van der Waals surface area contributed by atoms with E-state index in [0.29, 0.717) is 28.5 Å². The number of carbonyl (C=O) groups is 1. The topological polar surface area (TPSA) is 79.0 Å². The van der Waals surface area contributed by atoms with Crippen molar-refractivity contribution >= 4 is 44.9 Å². The average molecular weight is 453 g/mol. The van der Waals surface area contributed by atoms with E-state index in [4.69, 9.17) is 5.26 Å². The van der Waals surface area contributed by atoms with Crippen LogP contribution in [0.25, 0.3) is 10.2 Å². The second-order valence-electron chi connectivity index (χ2n) is 7.14. The van der Waals surface area contributed by atoms with Gasteiger partial charge in [0.25, 0.3) is 5.56 Å². The van der Waals surface area contributed by atoms with Crippen LogP contribution in [0.2, 0.25) is 0 Å². The van der Waals surface area contributed by atoms with Crippen molar-refractivity contribution in [2.75, 3.05) is 17.2 Å². The maximum atomic E-state index is 13.1. The second kappa shape index (κ2) is 9.94. The summed E-state index contributed by atoms with van der Waals surface area (Å²) >= 11 is 2.72. The number of aryl methyl sites for hydroxylation is 3. The number of thiophene rings is 1. The maximum absolute atomic E-state index is 13.1. The van der Waals surface area contributed by atoms with Gasteiger partial charge in [0.15, 0.2) is 5.16 Å². The van der Waals surface area contributed by atoms with Gasteiger partial charge in [-0.2, -0.15) is 5.26 Å². The molecule has 0 saturated heterocycles. The van der Waals surface area contributed by atoms with Crippen LogP contribution in [0.5, 0.6) is 0 Å². The number of carbonyl (C=O) groups excluding carboxylic acids is 1. The van der Waals surface area contributed by atoms with E-state index in [2.05, 4.69) is 17.6 Å². The standard InChI is InChI=1S/C23H24N4O2S2/c1-5-12-27-22(29)20-16(3)17(4)31-21(20)25-23(27)30-14-19(28)26(13-6-11-24)18-9-7-15(2)8-10-18/h5,7-10H,1,6,12-14H2,2-4H3. The predicted molar refractivity (Wildman–Crippen MR) is 128 cm³/mol. The first kappa shape index (κ1) is 22.8. The van der Waals surface area contributed by atoms with E-state index in [0.717, 1.165) is 21.7 Å². The molecule has 0 saturated carbocycles. The number of thioether (sulfide) groups is 1. The first-order valence-corrected chi connectivity index (χ1v) is 11.7. The van der Waals surface area contributed by atoms with Gasteiger partial charge in [-0.15, -0.1) is 17.9 Å². The Morgan fingerprint density at radius 1 is 1.32 bits per heavy atom. The quantitative estimate of drug-likeness (QED) is 0.283. The predicted octanol–water partition coefficient (Wildman–Crippen LogP) is 4.61. The van der Waals surface area contributed by atoms with E-state index >= 15 is 0 Å². The average Bonchev–Trinajstić information content (AvgIpc) is 3.04. The highest BCUT2D eigenvalue weighted by Crippen LogP contribution is 2.28. The Bertz CT molecular complexity index is 1220. The molecule has 0 unspecified atom stereocenters. The van der Waals surface area contributed by atoms with Crippen molar-refractivity contribution in [1.29, 1.82) is 5.26 Å². The molecular weight excluding hydrogens is 428 g/mol. The van der Waals surface area contributed by atoms with Crippen molar-refractivity contribution in [2.24, 2.45) is 0 Å². The molecule has 0 aliphatic carbocycles. The van der Waals surface area contributed by atoms with Crippen molar-refractivity contribution in [3.8, 4) is 6.07 Å². The van der Waals surface area contributed by atoms with Crippen LogP contribution in [0, 0.1) is 32.1 Å². The van der Waals surface area contributed by atoms with Gasteiger partial charge in [-0.05, 0) is 38.5 Å². The summed E-state index contributed by atoms with van der Waals surface area (Å²) in [4.78, 5) is 34.2. The molecule has 1 aromatic carbocycles. The minimum atomic E-state index is -0.137. The molecule has 0 aliphatic heterocycles. The summed E-state index contributed by atoms with van der Waals surface area (Å²) in [5, 5.41) is 10.1. The lowest BCUT2D eigenvalue weighted by atomic mass is 10.2. The zero-order valence-corrected chi connectivity index (χ0v) is 19.5. The van der Waals surface area contributed by atoms with Gasteiger partial charge in [-0.25, -0.2) is 4.98 Å². The van der Waals surface area contributed by atoms with Crippen molar-refractivity contribution < 1.29 is 4.79 Å². The molecule has 0 spiro atoms. The smallest absolute Gasteiger partial charge is 0.263 e. The highest BCUT2D eigenvalue weighted by Gasteiger charge is 2.20. The molecular formula is C23H24N4O2S2. The van der Waals surface area contributed by atoms with Crippen LogP contribution in [0.4, 0.5) is 5.69 Å². The number of allylic oxidation sites excluding steroid dienone is 1. The molecule has 160 valence electrons. The third-order valence-electron chi connectivity index (χ3n) is 4.98. The molecule has 6 nitrogen and oxygen atoms in total. The summed E-state index contributed by atoms with van der Waals surface area (Å²) in [7, 11) is 0. The fraction of sp³-hybridized carbons (Fsp3) is 0.304. The molecule has 2 aromatic heterocycles. The Kier molecular flexibility index (Phi) is 7.31. The third kappa shape index (κ3) is 4.89. The Morgan fingerprint density at radius 2 is 2.03 bits per heavy atom. The summed E-state index contributed by atoms with van der Waals surface area (Å²) in [6.45, 7) is 10.3. The number of anilines is 1. The van der Waals surface area contributed by atoms with Crippen LogP contribution >= 0.6 is 23.1 Å². The molecule has 0 radical (unpaired) electrons. The molecule has 0 fully saturated rings. The van der Waals surface area contributed by atoms with Crippen molar-refractivity contribution in [2.45, 2.75) is 38.9 Å². The van der Waals surface area contributed by atoms with Crippen molar-refractivity contribution in [1.82, 2.24) is 9.55 Å². The Balaban J connectivity index is 1.90. The van der Waals surface area contributed by atoms with E-state index in [9.17, 15) is 9.59 Å². The fourth-order valence-corrected chi connectivity index (χ4v) is 5.15. The Hall–Kier alpha value is -2.89. The first-order chi connectivity index (χ1) is 14.9. The van der Waals surface area contributed by atoms with Gasteiger partial charge in [0.05, 0.1) is 23.6 Å². The van der Waals surface area contributed by atoms with E-state index in [1.54, 1.807) is 15.5 Å². The number of nitrogens with zero attached hydrogens (tertiary/aromatic N) is 4. The normalized spacial score (nSPS) is 10.8. The number of benzene rings is 1. The minimum absolute atomic E-state index is 0.109. The van der Waals surface area contributed by atoms with E-state index in [1.807, 2.05) is 45.0 Å². The molecule has 0 atom stereocenters. The number of rotatable bonds is 8. The summed E-state index contributed by atoms with van der Waals surface area (Å²) in [5.74, 6) is -0.0280. The molecule has 0 aliphatic rings. The zero-order chi connectivity index (χ0) is 22.5. The lowest BCUT2D eigenvalue weighted by Gasteiger charge is -2.22. The van der Waals surface area contributed by atoms with Crippen LogP contribution in [0.3, 0.4) is 0 Å². The number of fused-ring (bicyclic) bond motifs is 1. The molecule has 0 bridgehead atoms. The molecule has 3 aromatic rings. The van der Waals surface area contributed by atoms with Crippen LogP contribution in [0.1, 0.15) is 22.4 Å². The second-order valence-corrected chi connectivity index (χ2v) is 9.29. The zero-order valence-electron chi connectivity index (χ0n) is 17.8. The van der Waals surface area contributed by atoms with E-state index in [-0.39, 0.29) is 23.6 Å².